The molecule has 1 aromatic carbocycles. The Morgan fingerprint density at radius 1 is 1.33 bits per heavy atom. The first kappa shape index (κ1) is 24.2. The lowest BCUT2D eigenvalue weighted by Gasteiger charge is -2.56. The van der Waals surface area contributed by atoms with Crippen LogP contribution in [-0.4, -0.2) is 44.9 Å². The van der Waals surface area contributed by atoms with Crippen LogP contribution >= 0.6 is 11.6 Å². The van der Waals surface area contributed by atoms with Crippen LogP contribution < -0.4 is 4.74 Å². The number of H-pyrrole nitrogens is 1. The Labute approximate surface area is 196 Å². The van der Waals surface area contributed by atoms with Gasteiger partial charge in [0, 0.05) is 35.6 Å². The number of likely N-dealkylation sites (tertiary alicyclic amines) is 1. The number of carbonyl (C=O) groups is 1. The van der Waals surface area contributed by atoms with Gasteiger partial charge in [0.1, 0.15) is 0 Å². The predicted molar refractivity (Wildman–Crippen MR) is 120 cm³/mol. The fraction of sp³-hybridized carbons (Fsp3) is 0.625. The summed E-state index contributed by atoms with van der Waals surface area (Å²) in [7, 11) is 0. The van der Waals surface area contributed by atoms with Gasteiger partial charge in [0.15, 0.2) is 5.75 Å². The van der Waals surface area contributed by atoms with Crippen molar-refractivity contribution in [2.45, 2.75) is 89.8 Å². The number of ether oxygens (including phenoxy) is 1. The fourth-order valence-corrected chi connectivity index (χ4v) is 6.65. The minimum absolute atomic E-state index is 0.00828. The van der Waals surface area contributed by atoms with Crippen molar-refractivity contribution in [3.8, 4) is 5.75 Å². The highest BCUT2D eigenvalue weighted by atomic mass is 35.5. The molecule has 0 spiro atoms. The van der Waals surface area contributed by atoms with Gasteiger partial charge in [-0.1, -0.05) is 25.4 Å². The highest BCUT2D eigenvalue weighted by molar-refractivity contribution is 6.33. The Morgan fingerprint density at radius 2 is 2.03 bits per heavy atom. The average Bonchev–Trinajstić information content (AvgIpc) is 3.05. The van der Waals surface area contributed by atoms with Gasteiger partial charge in [-0.3, -0.25) is 4.79 Å². The van der Waals surface area contributed by atoms with Gasteiger partial charge in [0.25, 0.3) is 0 Å². The number of piperidine rings is 1. The molecule has 0 radical (unpaired) electrons. The summed E-state index contributed by atoms with van der Waals surface area (Å²) in [6.45, 7) is 7.85. The third-order valence-corrected chi connectivity index (χ3v) is 7.46. The number of rotatable bonds is 4. The first-order valence-electron chi connectivity index (χ1n) is 11.3. The van der Waals surface area contributed by atoms with E-state index in [0.717, 1.165) is 19.3 Å². The van der Waals surface area contributed by atoms with E-state index in [2.05, 4.69) is 16.6 Å². The average molecular weight is 487 g/mol. The zero-order chi connectivity index (χ0) is 24.3. The van der Waals surface area contributed by atoms with Crippen molar-refractivity contribution in [2.24, 2.45) is 5.41 Å². The lowest BCUT2D eigenvalue weighted by molar-refractivity contribution is -0.274. The molecule has 33 heavy (non-hydrogen) atoms. The van der Waals surface area contributed by atoms with E-state index < -0.39 is 17.7 Å². The summed E-state index contributed by atoms with van der Waals surface area (Å²) in [4.78, 5) is 18.3. The molecule has 2 fully saturated rings. The lowest BCUT2D eigenvalue weighted by Crippen LogP contribution is -2.60. The molecule has 1 aliphatic heterocycles. The van der Waals surface area contributed by atoms with E-state index in [1.165, 1.54) is 6.07 Å². The Kier molecular flexibility index (Phi) is 5.93. The Morgan fingerprint density at radius 3 is 2.70 bits per heavy atom. The fourth-order valence-electron chi connectivity index (χ4n) is 6.46. The number of aromatic nitrogens is 1. The second-order valence-corrected chi connectivity index (χ2v) is 11.0. The molecule has 1 aromatic heterocycles. The van der Waals surface area contributed by atoms with E-state index in [9.17, 15) is 23.1 Å². The van der Waals surface area contributed by atoms with Crippen LogP contribution in [0.3, 0.4) is 0 Å². The third kappa shape index (κ3) is 4.83. The van der Waals surface area contributed by atoms with Crippen LogP contribution in [0.15, 0.2) is 18.3 Å². The maximum Gasteiger partial charge on any atom is 0.573 e. The summed E-state index contributed by atoms with van der Waals surface area (Å²) in [5.74, 6) is -0.887. The van der Waals surface area contributed by atoms with Crippen molar-refractivity contribution in [3.05, 3.63) is 28.9 Å². The third-order valence-electron chi connectivity index (χ3n) is 7.17. The van der Waals surface area contributed by atoms with Crippen LogP contribution in [0.25, 0.3) is 10.9 Å². The molecule has 182 valence electrons. The van der Waals surface area contributed by atoms with Gasteiger partial charge < -0.3 is 19.7 Å². The highest BCUT2D eigenvalue weighted by Crippen LogP contribution is 2.50. The van der Waals surface area contributed by atoms with Crippen molar-refractivity contribution in [3.63, 3.8) is 0 Å². The van der Waals surface area contributed by atoms with Crippen LogP contribution in [0.1, 0.15) is 71.3 Å². The lowest BCUT2D eigenvalue weighted by atomic mass is 9.61. The van der Waals surface area contributed by atoms with Crippen LogP contribution in [0, 0.1) is 5.41 Å². The molecule has 1 aliphatic carbocycles. The summed E-state index contributed by atoms with van der Waals surface area (Å²) in [5.41, 5.74) is 0.175. The van der Waals surface area contributed by atoms with Gasteiger partial charge in [0.2, 0.25) is 5.91 Å². The van der Waals surface area contributed by atoms with E-state index in [0.29, 0.717) is 17.5 Å². The number of halogens is 4. The van der Waals surface area contributed by atoms with Crippen molar-refractivity contribution < 1.29 is 27.8 Å². The topological polar surface area (TPSA) is 65.6 Å². The largest absolute Gasteiger partial charge is 0.573 e. The van der Waals surface area contributed by atoms with E-state index in [1.807, 2.05) is 25.7 Å². The predicted octanol–water partition coefficient (Wildman–Crippen LogP) is 6.14. The molecule has 2 aromatic rings. The van der Waals surface area contributed by atoms with E-state index in [1.54, 1.807) is 12.3 Å². The summed E-state index contributed by atoms with van der Waals surface area (Å²) in [6, 6.07) is 2.92. The van der Waals surface area contributed by atoms with Crippen LogP contribution in [0.2, 0.25) is 5.02 Å². The zero-order valence-corrected chi connectivity index (χ0v) is 20.0. The second kappa shape index (κ2) is 8.08. The number of benzene rings is 1. The SMILES string of the molecule is CC(CC(=O)N1C(C)CC2(C)CC1CC(C)(O)C2)c1c[nH]c2ccc(Cl)c(OC(F)(F)F)c12. The molecule has 5 atom stereocenters. The minimum Gasteiger partial charge on any atom is -0.403 e. The van der Waals surface area contributed by atoms with Gasteiger partial charge in [-0.05, 0) is 68.6 Å². The molecular weight excluding hydrogens is 457 g/mol. The maximum absolute atomic E-state index is 13.4. The standard InChI is InChI=1S/C24H30ClF3N2O3/c1-13(16-11-29-18-6-5-17(25)21(20(16)18)33-24(26,27)28)7-19(31)30-14(2)8-22(3)9-15(30)10-23(4,32)12-22/h5-6,11,13-15,29,32H,7-10,12H2,1-4H3. The van der Waals surface area contributed by atoms with E-state index in [4.69, 9.17) is 11.6 Å². The number of hydrogen-bond donors (Lipinski definition) is 2. The first-order valence-corrected chi connectivity index (χ1v) is 11.6. The molecule has 2 bridgehead atoms. The summed E-state index contributed by atoms with van der Waals surface area (Å²) in [5, 5.41) is 10.9. The summed E-state index contributed by atoms with van der Waals surface area (Å²) in [6.07, 6.45) is -0.239. The number of aliphatic hydroxyl groups is 1. The van der Waals surface area contributed by atoms with E-state index in [-0.39, 0.29) is 46.2 Å². The Hall–Kier alpha value is -1.93. The first-order chi connectivity index (χ1) is 15.2. The minimum atomic E-state index is -4.89. The quantitative estimate of drug-likeness (QED) is 0.545. The number of alkyl halides is 3. The Balaban J connectivity index is 1.60. The number of nitrogens with one attached hydrogen (secondary N) is 1. The molecular formula is C24H30ClF3N2O3. The molecule has 2 aliphatic rings. The molecule has 2 N–H and O–H groups in total. The van der Waals surface area contributed by atoms with Crippen LogP contribution in [0.4, 0.5) is 13.2 Å². The van der Waals surface area contributed by atoms with Crippen molar-refractivity contribution in [2.75, 3.05) is 0 Å². The van der Waals surface area contributed by atoms with Crippen LogP contribution in [-0.2, 0) is 4.79 Å². The summed E-state index contributed by atoms with van der Waals surface area (Å²) >= 11 is 6.05. The molecule has 9 heteroatoms. The smallest absolute Gasteiger partial charge is 0.403 e. The molecule has 5 nitrogen and oxygen atoms in total. The molecule has 4 rings (SSSR count). The Bertz CT molecular complexity index is 1060. The molecule has 2 heterocycles. The number of carbonyl (C=O) groups excluding carboxylic acids is 1. The maximum atomic E-state index is 13.4. The van der Waals surface area contributed by atoms with Gasteiger partial charge in [-0.25, -0.2) is 0 Å². The van der Waals surface area contributed by atoms with Crippen molar-refractivity contribution in [1.29, 1.82) is 0 Å². The van der Waals surface area contributed by atoms with Gasteiger partial charge in [-0.15, -0.1) is 13.2 Å². The monoisotopic (exact) mass is 486 g/mol. The van der Waals surface area contributed by atoms with Crippen molar-refractivity contribution in [1.82, 2.24) is 9.88 Å². The van der Waals surface area contributed by atoms with Gasteiger partial charge >= 0.3 is 6.36 Å². The number of fused-ring (bicyclic) bond motifs is 3. The molecule has 1 saturated carbocycles. The summed E-state index contributed by atoms with van der Waals surface area (Å²) < 4.78 is 43.3. The molecule has 1 saturated heterocycles. The number of amides is 1. The van der Waals surface area contributed by atoms with Crippen LogP contribution in [0.5, 0.6) is 5.75 Å². The van der Waals surface area contributed by atoms with Crippen molar-refractivity contribution >= 4 is 28.4 Å². The normalized spacial score (nSPS) is 31.0. The number of nitrogens with zero attached hydrogens (tertiary/aromatic N) is 1. The number of hydrogen-bond acceptors (Lipinski definition) is 3. The van der Waals surface area contributed by atoms with E-state index >= 15 is 0 Å². The molecule has 1 amide bonds. The highest BCUT2D eigenvalue weighted by Gasteiger charge is 2.50. The molecule has 5 unspecified atom stereocenters. The van der Waals surface area contributed by atoms with Gasteiger partial charge in [-0.2, -0.15) is 0 Å². The van der Waals surface area contributed by atoms with Gasteiger partial charge in [0.05, 0.1) is 10.6 Å². The zero-order valence-electron chi connectivity index (χ0n) is 19.2. The second-order valence-electron chi connectivity index (χ2n) is 10.6. The number of aromatic amines is 1.